The van der Waals surface area contributed by atoms with E-state index < -0.39 is 26.9 Å². The summed E-state index contributed by atoms with van der Waals surface area (Å²) in [6.07, 6.45) is 2.14. The van der Waals surface area contributed by atoms with Crippen LogP contribution in [0.5, 0.6) is 0 Å². The first-order valence-corrected chi connectivity index (χ1v) is 14.2. The van der Waals surface area contributed by atoms with Crippen LogP contribution in [0.1, 0.15) is 44.4 Å². The number of carbonyl (C=O) groups is 1. The number of benzene rings is 2. The maximum Gasteiger partial charge on any atom is 0.414 e. The average molecular weight is 550 g/mol. The van der Waals surface area contributed by atoms with Gasteiger partial charge in [0.2, 0.25) is 5.95 Å². The highest BCUT2D eigenvalue weighted by molar-refractivity contribution is 7.90. The summed E-state index contributed by atoms with van der Waals surface area (Å²) in [6.45, 7) is 8.83. The van der Waals surface area contributed by atoms with E-state index in [1.807, 2.05) is 13.0 Å². The topological polar surface area (TPSA) is 146 Å². The number of aliphatic hydroxyl groups is 1. The van der Waals surface area contributed by atoms with Crippen molar-refractivity contribution in [2.24, 2.45) is 0 Å². The second-order valence-corrected chi connectivity index (χ2v) is 13.0. The third-order valence-corrected chi connectivity index (χ3v) is 7.55. The number of nitriles is 1. The number of aliphatic hydroxyl groups excluding tert-OH is 1. The summed E-state index contributed by atoms with van der Waals surface area (Å²) in [4.78, 5) is 23.5. The highest BCUT2D eigenvalue weighted by atomic mass is 32.2. The first-order valence-electron chi connectivity index (χ1n) is 12.3. The van der Waals surface area contributed by atoms with Crippen LogP contribution in [-0.4, -0.2) is 54.6 Å². The number of nitrogens with zero attached hydrogens (tertiary/aromatic N) is 4. The molecule has 0 saturated carbocycles. The molecule has 2 N–H and O–H groups in total. The number of ether oxygens (including phenoxy) is 1. The predicted octanol–water partition coefficient (Wildman–Crippen LogP) is 4.48. The van der Waals surface area contributed by atoms with Crippen molar-refractivity contribution in [1.29, 1.82) is 5.26 Å². The molecule has 10 nitrogen and oxygen atoms in total. The molecule has 0 fully saturated rings. The Hall–Kier alpha value is -4.01. The monoisotopic (exact) mass is 549 g/mol. The van der Waals surface area contributed by atoms with Crippen LogP contribution in [0.3, 0.4) is 0 Å². The Morgan fingerprint density at radius 2 is 1.97 bits per heavy atom. The predicted molar refractivity (Wildman–Crippen MR) is 148 cm³/mol. The molecule has 0 saturated heterocycles. The number of aromatic nitrogens is 2. The summed E-state index contributed by atoms with van der Waals surface area (Å²) in [5.74, 6) is 0.280. The SMILES string of the molecule is Cc1cc(S(C)(=O)=O)ccc1Nc1nccc(-c2cc(C#N)c3c(c2)[C@@](C)(CO)CN3C(=O)OC(C)(C)C)n1. The minimum atomic E-state index is -3.34. The molecule has 1 aliphatic heterocycles. The van der Waals surface area contributed by atoms with Crippen LogP contribution in [0.2, 0.25) is 0 Å². The molecule has 2 aromatic carbocycles. The van der Waals surface area contributed by atoms with Gasteiger partial charge in [0, 0.05) is 35.7 Å². The number of fused-ring (bicyclic) bond motifs is 1. The lowest BCUT2D eigenvalue weighted by atomic mass is 9.83. The van der Waals surface area contributed by atoms with Crippen molar-refractivity contribution in [1.82, 2.24) is 9.97 Å². The number of carbonyl (C=O) groups excluding carboxylic acids is 1. The number of anilines is 3. The van der Waals surface area contributed by atoms with Gasteiger partial charge in [-0.2, -0.15) is 5.26 Å². The number of rotatable bonds is 5. The number of amides is 1. The van der Waals surface area contributed by atoms with E-state index in [1.54, 1.807) is 58.2 Å². The fourth-order valence-electron chi connectivity index (χ4n) is 4.45. The normalized spacial score (nSPS) is 16.9. The molecule has 0 bridgehead atoms. The zero-order valence-corrected chi connectivity index (χ0v) is 23.5. The van der Waals surface area contributed by atoms with E-state index in [0.29, 0.717) is 33.8 Å². The van der Waals surface area contributed by atoms with Crippen molar-refractivity contribution in [3.8, 4) is 17.3 Å². The number of hydrogen-bond donors (Lipinski definition) is 2. The smallest absolute Gasteiger partial charge is 0.414 e. The molecule has 0 spiro atoms. The lowest BCUT2D eigenvalue weighted by molar-refractivity contribution is 0.0575. The maximum absolute atomic E-state index is 13.0. The minimum Gasteiger partial charge on any atom is -0.443 e. The van der Waals surface area contributed by atoms with Gasteiger partial charge in [-0.1, -0.05) is 6.92 Å². The second-order valence-electron chi connectivity index (χ2n) is 11.0. The highest BCUT2D eigenvalue weighted by Gasteiger charge is 2.44. The lowest BCUT2D eigenvalue weighted by Crippen LogP contribution is -2.40. The van der Waals surface area contributed by atoms with E-state index in [9.17, 15) is 23.6 Å². The van der Waals surface area contributed by atoms with Gasteiger partial charge in [-0.3, -0.25) is 4.90 Å². The Morgan fingerprint density at radius 1 is 1.26 bits per heavy atom. The fraction of sp³-hybridized carbons (Fsp3) is 0.357. The molecule has 2 heterocycles. The van der Waals surface area contributed by atoms with E-state index in [1.165, 1.54) is 11.0 Å². The van der Waals surface area contributed by atoms with Crippen LogP contribution in [-0.2, 0) is 20.0 Å². The Balaban J connectivity index is 1.74. The second kappa shape index (κ2) is 9.94. The Morgan fingerprint density at radius 3 is 2.56 bits per heavy atom. The van der Waals surface area contributed by atoms with Gasteiger partial charge in [-0.05, 0) is 75.2 Å². The summed E-state index contributed by atoms with van der Waals surface area (Å²) in [7, 11) is -3.34. The first kappa shape index (κ1) is 28.0. The number of aryl methyl sites for hydroxylation is 1. The summed E-state index contributed by atoms with van der Waals surface area (Å²) in [5.41, 5.74) is 2.26. The lowest BCUT2D eigenvalue weighted by Gasteiger charge is -2.26. The van der Waals surface area contributed by atoms with Crippen molar-refractivity contribution >= 4 is 33.3 Å². The molecular formula is C28H31N5O5S. The van der Waals surface area contributed by atoms with Crippen LogP contribution in [0.15, 0.2) is 47.5 Å². The first-order chi connectivity index (χ1) is 18.1. The van der Waals surface area contributed by atoms with Crippen LogP contribution in [0, 0.1) is 18.3 Å². The van der Waals surface area contributed by atoms with E-state index in [0.717, 1.165) is 6.26 Å². The van der Waals surface area contributed by atoms with Crippen LogP contribution < -0.4 is 10.2 Å². The highest BCUT2D eigenvalue weighted by Crippen LogP contribution is 2.45. The van der Waals surface area contributed by atoms with Crippen LogP contribution >= 0.6 is 0 Å². The Labute approximate surface area is 228 Å². The Kier molecular flexibility index (Phi) is 7.14. The van der Waals surface area contributed by atoms with E-state index in [-0.39, 0.29) is 29.6 Å². The molecular weight excluding hydrogens is 518 g/mol. The van der Waals surface area contributed by atoms with E-state index in [4.69, 9.17) is 4.74 Å². The fourth-order valence-corrected chi connectivity index (χ4v) is 5.15. The molecule has 11 heteroatoms. The molecule has 0 radical (unpaired) electrons. The summed E-state index contributed by atoms with van der Waals surface area (Å²) < 4.78 is 29.3. The van der Waals surface area contributed by atoms with E-state index >= 15 is 0 Å². The zero-order chi connectivity index (χ0) is 28.8. The van der Waals surface area contributed by atoms with Gasteiger partial charge in [-0.15, -0.1) is 0 Å². The molecule has 1 aromatic heterocycles. The number of nitrogens with one attached hydrogen (secondary N) is 1. The van der Waals surface area contributed by atoms with Crippen molar-refractivity contribution in [2.75, 3.05) is 29.6 Å². The van der Waals surface area contributed by atoms with Crippen LogP contribution in [0.25, 0.3) is 11.3 Å². The summed E-state index contributed by atoms with van der Waals surface area (Å²) >= 11 is 0. The van der Waals surface area contributed by atoms with Gasteiger partial charge in [0.1, 0.15) is 11.7 Å². The van der Waals surface area contributed by atoms with Crippen molar-refractivity contribution in [3.05, 3.63) is 59.3 Å². The molecule has 1 aliphatic rings. The van der Waals surface area contributed by atoms with E-state index in [2.05, 4.69) is 21.4 Å². The minimum absolute atomic E-state index is 0.158. The standard InChI is InChI=1S/C28H31N5O5S/c1-17-11-20(39(6,36)37)7-8-22(17)31-25-30-10-9-23(32-25)18-12-19(14-29)24-21(13-18)28(5,16-34)15-33(24)26(35)38-27(2,3)4/h7-13,34H,15-16H2,1-6H3,(H,30,31,32)/t28-/m1/s1. The number of hydrogen-bond acceptors (Lipinski definition) is 9. The van der Waals surface area contributed by atoms with Gasteiger partial charge in [0.15, 0.2) is 9.84 Å². The summed E-state index contributed by atoms with van der Waals surface area (Å²) in [6, 6.07) is 12.1. The van der Waals surface area contributed by atoms with Gasteiger partial charge >= 0.3 is 6.09 Å². The quantitative estimate of drug-likeness (QED) is 0.470. The van der Waals surface area contributed by atoms with Gasteiger partial charge in [0.05, 0.1) is 28.4 Å². The summed E-state index contributed by atoms with van der Waals surface area (Å²) in [5, 5.41) is 23.4. The van der Waals surface area contributed by atoms with Crippen molar-refractivity contribution in [3.63, 3.8) is 0 Å². The van der Waals surface area contributed by atoms with Gasteiger partial charge < -0.3 is 15.2 Å². The third-order valence-electron chi connectivity index (χ3n) is 6.44. The molecule has 4 rings (SSSR count). The Bertz CT molecular complexity index is 1610. The molecule has 204 valence electrons. The molecule has 0 aliphatic carbocycles. The van der Waals surface area contributed by atoms with Crippen molar-refractivity contribution in [2.45, 2.75) is 50.5 Å². The van der Waals surface area contributed by atoms with Crippen LogP contribution in [0.4, 0.5) is 22.1 Å². The zero-order valence-electron chi connectivity index (χ0n) is 22.7. The molecule has 3 aromatic rings. The average Bonchev–Trinajstić information content (AvgIpc) is 3.17. The largest absolute Gasteiger partial charge is 0.443 e. The molecule has 39 heavy (non-hydrogen) atoms. The molecule has 0 unspecified atom stereocenters. The number of sulfone groups is 1. The van der Waals surface area contributed by atoms with Gasteiger partial charge in [0.25, 0.3) is 0 Å². The maximum atomic E-state index is 13.0. The van der Waals surface area contributed by atoms with Crippen molar-refractivity contribution < 1.29 is 23.1 Å². The van der Waals surface area contributed by atoms with Gasteiger partial charge in [-0.25, -0.2) is 23.2 Å². The molecule has 1 atom stereocenters. The molecule has 1 amide bonds. The third kappa shape index (κ3) is 5.72.